The number of nitrogens with one attached hydrogen (secondary N) is 1. The van der Waals surface area contributed by atoms with Gasteiger partial charge in [0.1, 0.15) is 0 Å². The molecule has 0 spiro atoms. The number of carbonyl (C=O) groups excluding carboxylic acids is 1. The van der Waals surface area contributed by atoms with Crippen molar-refractivity contribution < 1.29 is 17.9 Å². The molecule has 0 bridgehead atoms. The van der Waals surface area contributed by atoms with Gasteiger partial charge < -0.3 is 9.64 Å². The lowest BCUT2D eigenvalue weighted by molar-refractivity contribution is 0.0766. The number of sulfonamides is 1. The largest absolute Gasteiger partial charge is 0.481 e. The molecule has 178 valence electrons. The van der Waals surface area contributed by atoms with Crippen LogP contribution in [-0.2, 0) is 28.5 Å². The van der Waals surface area contributed by atoms with E-state index in [1.54, 1.807) is 41.4 Å². The summed E-state index contributed by atoms with van der Waals surface area (Å²) in [5.41, 5.74) is 2.98. The van der Waals surface area contributed by atoms with Crippen LogP contribution in [0.25, 0.3) is 0 Å². The number of aromatic nitrogens is 1. The molecule has 0 atom stereocenters. The van der Waals surface area contributed by atoms with Crippen LogP contribution in [0.5, 0.6) is 5.88 Å². The lowest BCUT2D eigenvalue weighted by Gasteiger charge is -2.19. The van der Waals surface area contributed by atoms with Gasteiger partial charge in [-0.25, -0.2) is 13.4 Å². The average Bonchev–Trinajstić information content (AvgIpc) is 3.12. The van der Waals surface area contributed by atoms with Crippen LogP contribution >= 0.6 is 11.6 Å². The smallest absolute Gasteiger partial charge is 0.261 e. The molecule has 0 radical (unpaired) electrons. The summed E-state index contributed by atoms with van der Waals surface area (Å²) in [7, 11) is -2.33. The maximum Gasteiger partial charge on any atom is 0.261 e. The highest BCUT2D eigenvalue weighted by atomic mass is 35.5. The Morgan fingerprint density at radius 1 is 1.12 bits per heavy atom. The molecule has 1 N–H and O–H groups in total. The quantitative estimate of drug-likeness (QED) is 0.515. The number of carbonyl (C=O) groups is 1. The third-order valence-electron chi connectivity index (χ3n) is 5.77. The van der Waals surface area contributed by atoms with Crippen LogP contribution in [0, 0.1) is 0 Å². The number of hydrogen-bond donors (Lipinski definition) is 1. The van der Waals surface area contributed by atoms with Gasteiger partial charge in [-0.2, -0.15) is 0 Å². The van der Waals surface area contributed by atoms with Crippen LogP contribution in [0.4, 0.5) is 5.69 Å². The van der Waals surface area contributed by atoms with E-state index >= 15 is 0 Å². The van der Waals surface area contributed by atoms with Crippen molar-refractivity contribution in [1.82, 2.24) is 9.88 Å². The van der Waals surface area contributed by atoms with Gasteiger partial charge in [-0.3, -0.25) is 9.52 Å². The van der Waals surface area contributed by atoms with Gasteiger partial charge in [-0.05, 0) is 46.9 Å². The number of anilines is 1. The zero-order chi connectivity index (χ0) is 24.7. The number of hydrogen-bond acceptors (Lipinski definition) is 5. The first-order valence-corrected chi connectivity index (χ1v) is 12.6. The highest BCUT2D eigenvalue weighted by Crippen LogP contribution is 2.36. The number of ether oxygens (including phenoxy) is 1. The highest BCUT2D eigenvalue weighted by Gasteiger charge is 2.33. The number of fused-ring (bicyclic) bond motifs is 1. The topological polar surface area (TPSA) is 88.6 Å². The normalized spacial score (nSPS) is 13.7. The fourth-order valence-corrected chi connectivity index (χ4v) is 5.23. The molecule has 1 aromatic heterocycles. The Balaban J connectivity index is 1.61. The molecule has 2 heterocycles. The maximum atomic E-state index is 13.1. The van der Waals surface area contributed by atoms with Gasteiger partial charge in [0.2, 0.25) is 5.88 Å². The van der Waals surface area contributed by atoms with Gasteiger partial charge in [0.25, 0.3) is 15.9 Å². The molecule has 1 aliphatic heterocycles. The third kappa shape index (κ3) is 4.74. The first-order chi connectivity index (χ1) is 16.0. The summed E-state index contributed by atoms with van der Waals surface area (Å²) < 4.78 is 34.0. The second-order valence-electron chi connectivity index (χ2n) is 9.20. The predicted octanol–water partition coefficient (Wildman–Crippen LogP) is 5.00. The van der Waals surface area contributed by atoms with Gasteiger partial charge in [-0.1, -0.05) is 44.5 Å². The lowest BCUT2D eigenvalue weighted by atomic mass is 9.87. The zero-order valence-electron chi connectivity index (χ0n) is 19.4. The van der Waals surface area contributed by atoms with E-state index in [1.165, 1.54) is 13.2 Å². The molecular weight excluding hydrogens is 474 g/mol. The molecule has 34 heavy (non-hydrogen) atoms. The Bertz CT molecular complexity index is 1350. The van der Waals surface area contributed by atoms with Gasteiger partial charge in [0, 0.05) is 30.9 Å². The molecule has 1 aliphatic rings. The molecule has 0 aliphatic carbocycles. The van der Waals surface area contributed by atoms with E-state index in [2.05, 4.69) is 30.5 Å². The Kier molecular flexibility index (Phi) is 6.31. The third-order valence-corrected chi connectivity index (χ3v) is 7.47. The van der Waals surface area contributed by atoms with E-state index in [9.17, 15) is 13.2 Å². The molecule has 2 aromatic carbocycles. The molecule has 3 aromatic rings. The van der Waals surface area contributed by atoms with Gasteiger partial charge in [-0.15, -0.1) is 0 Å². The van der Waals surface area contributed by atoms with E-state index in [4.69, 9.17) is 16.3 Å². The minimum absolute atomic E-state index is 0.0879. The summed E-state index contributed by atoms with van der Waals surface area (Å²) in [6.07, 6.45) is 1.61. The molecular formula is C25H26ClN3O4S. The minimum atomic E-state index is -3.86. The van der Waals surface area contributed by atoms with Gasteiger partial charge in [0.05, 0.1) is 28.3 Å². The van der Waals surface area contributed by atoms with Crippen molar-refractivity contribution in [2.24, 2.45) is 0 Å². The summed E-state index contributed by atoms with van der Waals surface area (Å²) in [6.45, 7) is 6.73. The summed E-state index contributed by atoms with van der Waals surface area (Å²) in [5.74, 6) is 0.192. The van der Waals surface area contributed by atoms with Gasteiger partial charge in [0.15, 0.2) is 0 Å². The maximum absolute atomic E-state index is 13.1. The average molecular weight is 500 g/mol. The lowest BCUT2D eigenvalue weighted by Crippen LogP contribution is -2.23. The second-order valence-corrected chi connectivity index (χ2v) is 11.3. The summed E-state index contributed by atoms with van der Waals surface area (Å²) in [4.78, 5) is 19.0. The van der Waals surface area contributed by atoms with E-state index in [0.29, 0.717) is 29.2 Å². The monoisotopic (exact) mass is 499 g/mol. The van der Waals surface area contributed by atoms with E-state index in [1.807, 2.05) is 12.1 Å². The number of amides is 1. The molecule has 7 nitrogen and oxygen atoms in total. The van der Waals surface area contributed by atoms with Crippen LogP contribution in [0.1, 0.15) is 47.8 Å². The van der Waals surface area contributed by atoms with E-state index in [-0.39, 0.29) is 27.8 Å². The van der Waals surface area contributed by atoms with Crippen LogP contribution in [0.2, 0.25) is 5.02 Å². The Morgan fingerprint density at radius 2 is 1.82 bits per heavy atom. The van der Waals surface area contributed by atoms with Crippen LogP contribution in [-0.4, -0.2) is 31.3 Å². The standard InChI is InChI=1S/C25H26ClN3O4S/c1-25(2,3)17-5-7-18(8-6-17)34(31,32)28-21-10-9-20(26)23-19(21)15-29(24(23)30)14-16-11-12-27-22(13-16)33-4/h5-13,28H,14-15H2,1-4H3. The van der Waals surface area contributed by atoms with Crippen molar-refractivity contribution in [2.45, 2.75) is 44.2 Å². The molecule has 4 rings (SSSR count). The second kappa shape index (κ2) is 8.92. The summed E-state index contributed by atoms with van der Waals surface area (Å²) in [5, 5.41) is 0.285. The van der Waals surface area contributed by atoms with Crippen LogP contribution in [0.3, 0.4) is 0 Å². The van der Waals surface area contributed by atoms with Crippen molar-refractivity contribution in [2.75, 3.05) is 11.8 Å². The number of rotatable bonds is 6. The van der Waals surface area contributed by atoms with Crippen molar-refractivity contribution >= 4 is 33.2 Å². The zero-order valence-corrected chi connectivity index (χ0v) is 21.0. The Labute approximate surface area is 204 Å². The summed E-state index contributed by atoms with van der Waals surface area (Å²) >= 11 is 6.35. The first-order valence-electron chi connectivity index (χ1n) is 10.7. The fourth-order valence-electron chi connectivity index (χ4n) is 3.88. The van der Waals surface area contributed by atoms with Crippen LogP contribution < -0.4 is 9.46 Å². The molecule has 0 saturated heterocycles. The molecule has 0 unspecified atom stereocenters. The number of methoxy groups -OCH3 is 1. The molecule has 9 heteroatoms. The fraction of sp³-hybridized carbons (Fsp3) is 0.280. The van der Waals surface area contributed by atoms with Crippen molar-refractivity contribution in [3.8, 4) is 5.88 Å². The Morgan fingerprint density at radius 3 is 2.47 bits per heavy atom. The highest BCUT2D eigenvalue weighted by molar-refractivity contribution is 7.92. The molecule has 0 saturated carbocycles. The minimum Gasteiger partial charge on any atom is -0.481 e. The van der Waals surface area contributed by atoms with Crippen molar-refractivity contribution in [3.05, 3.63) is 82.0 Å². The number of benzene rings is 2. The molecule has 1 amide bonds. The molecule has 0 fully saturated rings. The van der Waals surface area contributed by atoms with Crippen molar-refractivity contribution in [3.63, 3.8) is 0 Å². The van der Waals surface area contributed by atoms with E-state index < -0.39 is 10.0 Å². The van der Waals surface area contributed by atoms with Crippen molar-refractivity contribution in [1.29, 1.82) is 0 Å². The summed E-state index contributed by atoms with van der Waals surface area (Å²) in [6, 6.07) is 13.5. The van der Waals surface area contributed by atoms with Crippen LogP contribution in [0.15, 0.2) is 59.6 Å². The first kappa shape index (κ1) is 24.0. The number of nitrogens with zero attached hydrogens (tertiary/aromatic N) is 2. The van der Waals surface area contributed by atoms with Gasteiger partial charge >= 0.3 is 0 Å². The predicted molar refractivity (Wildman–Crippen MR) is 132 cm³/mol. The van der Waals surface area contributed by atoms with E-state index in [0.717, 1.165) is 11.1 Å². The number of pyridine rings is 1. The number of halogens is 1. The Hall–Kier alpha value is -3.10. The SMILES string of the molecule is COc1cc(CN2Cc3c(NS(=O)(=O)c4ccc(C(C)(C)C)cc4)ccc(Cl)c3C2=O)ccn1.